The minimum absolute atomic E-state index is 0.0764. The van der Waals surface area contributed by atoms with Gasteiger partial charge in [0.1, 0.15) is 75.5 Å². The quantitative estimate of drug-likeness (QED) is 0.0266. The Hall–Kier alpha value is -17.2. The van der Waals surface area contributed by atoms with Gasteiger partial charge in [0.05, 0.1) is 41.1 Å². The van der Waals surface area contributed by atoms with Crippen LogP contribution in [-0.2, 0) is 38.3 Å². The number of H-pyrrole nitrogens is 5. The van der Waals surface area contributed by atoms with Gasteiger partial charge in [-0.2, -0.15) is 13.2 Å². The third-order valence-corrected chi connectivity index (χ3v) is 23.0. The molecule has 0 atom stereocenters. The molecule has 0 aliphatic carbocycles. The Balaban J connectivity index is 0.000000122. The molecule has 0 radical (unpaired) electrons. The first-order valence-electron chi connectivity index (χ1n) is 44.9. The van der Waals surface area contributed by atoms with E-state index in [1.165, 1.54) is 47.2 Å². The van der Waals surface area contributed by atoms with Gasteiger partial charge in [0, 0.05) is 151 Å². The molecular formula is C110H93ClF8N20O2. The maximum absolute atomic E-state index is 14.9. The number of methoxy groups -OCH3 is 1. The van der Waals surface area contributed by atoms with Crippen LogP contribution < -0.4 is 36.1 Å². The number of aryl methyl sites for hydroxylation is 7. The Morgan fingerprint density at radius 2 is 0.574 bits per heavy atom. The molecule has 708 valence electrons. The Morgan fingerprint density at radius 3 is 0.901 bits per heavy atom. The molecule has 0 saturated heterocycles. The van der Waals surface area contributed by atoms with Gasteiger partial charge >= 0.3 is 6.18 Å². The Bertz CT molecular complexity index is 8010. The predicted octanol–water partition coefficient (Wildman–Crippen LogP) is 27.8. The van der Waals surface area contributed by atoms with Crippen LogP contribution in [0, 0.1) is 77.6 Å². The fraction of sp³-hybridized carbons (Fsp3) is 0.127. The molecular weight excluding hydrogens is 1820 g/mol. The standard InChI is InChI=1S/C26H21FN4O.C22H21FN4.C21H16F4N4.C21H19FN4O.C20H16ClFN4/c1-17-15-21-22(29-17)11-12-23(26(21)27)30-24-13-14-28-25(31-24)16-18-7-9-20(10-8-18)32-19-5-3-2-4-6-19;1-13-8-14(2)10-16(9-13)12-21-24-7-6-20(27-21)26-19-5-4-18-17(22(19)23)11-15(3)25-18;1-12-10-14-16(27-12)6-7-17(20(14)22)28-18-8-9-26-19(29-18)11-13-4-2-3-5-15(13)21(23,24)25;1-13-11-16-17(24-13)7-8-18(21(16)22)25-19-9-10-23-20(26-19)12-14-3-5-15(27-2)6-4-14;1-12-10-14-16(24-12)6-7-17(20(14)22)25-18-8-9-23-19(26-18)11-13-4-2-3-5-15(13)21/h2-15,29H,16H2,1H3,(H,28,30,31);4-11,25H,12H2,1-3H3,(H,24,26,27);2-10,27H,11H2,1H3,(H,26,28,29);3-11,24H,12H2,1-2H3,(H,23,25,26);2-10,24H,11H2,1H3,(H,23,25,26). The molecule has 0 aliphatic heterocycles. The van der Waals surface area contributed by atoms with Gasteiger partial charge in [-0.25, -0.2) is 71.8 Å². The first kappa shape index (κ1) is 95.6. The number of hydrogen-bond acceptors (Lipinski definition) is 17. The molecule has 22 nitrogen and oxygen atoms in total. The van der Waals surface area contributed by atoms with Gasteiger partial charge in [-0.1, -0.05) is 120 Å². The first-order chi connectivity index (χ1) is 68.1. The Morgan fingerprint density at radius 1 is 0.291 bits per heavy atom. The number of aromatic nitrogens is 15. The van der Waals surface area contributed by atoms with Crippen LogP contribution >= 0.6 is 11.6 Å². The van der Waals surface area contributed by atoms with Crippen molar-refractivity contribution in [3.8, 4) is 17.2 Å². The SMILES string of the molecule is COc1ccc(Cc2nccc(Nc3ccc4[nH]c(C)cc4c3F)n2)cc1.Cc1cc(C)cc(Cc2nccc(Nc3ccc4[nH]c(C)cc4c3F)n2)c1.Cc1cc2c(F)c(Nc3ccnc(Cc4ccc(Oc5ccccc5)cc4)n3)ccc2[nH]1.Cc1cc2c(F)c(Nc3ccnc(Cc4ccccc4C(F)(F)F)n3)ccc2[nH]1.Cc1cc2c(F)c(Nc3ccnc(Cc4ccccc4Cl)n3)ccc2[nH]1. The highest BCUT2D eigenvalue weighted by Gasteiger charge is 2.33. The van der Waals surface area contributed by atoms with Crippen LogP contribution in [0.4, 0.5) is 92.6 Å². The summed E-state index contributed by atoms with van der Waals surface area (Å²) in [6, 6.07) is 79.5. The normalized spacial score (nSPS) is 11.2. The van der Waals surface area contributed by atoms with Crippen molar-refractivity contribution in [2.24, 2.45) is 0 Å². The molecule has 0 bridgehead atoms. The number of benzene rings is 11. The van der Waals surface area contributed by atoms with Crippen molar-refractivity contribution >= 4 is 124 Å². The van der Waals surface area contributed by atoms with Crippen LogP contribution in [-0.4, -0.2) is 81.9 Å². The van der Waals surface area contributed by atoms with Crippen LogP contribution in [0.25, 0.3) is 54.5 Å². The van der Waals surface area contributed by atoms with Crippen LogP contribution in [0.15, 0.2) is 298 Å². The van der Waals surface area contributed by atoms with Crippen molar-refractivity contribution < 1.29 is 44.6 Å². The van der Waals surface area contributed by atoms with Gasteiger partial charge in [-0.05, 0) is 246 Å². The smallest absolute Gasteiger partial charge is 0.416 e. The van der Waals surface area contributed by atoms with Crippen LogP contribution in [0.2, 0.25) is 5.02 Å². The highest BCUT2D eigenvalue weighted by atomic mass is 35.5. The molecule has 10 N–H and O–H groups in total. The van der Waals surface area contributed by atoms with E-state index in [-0.39, 0.29) is 46.8 Å². The van der Waals surface area contributed by atoms with Gasteiger partial charge < -0.3 is 61.0 Å². The van der Waals surface area contributed by atoms with Gasteiger partial charge in [0.25, 0.3) is 0 Å². The third-order valence-electron chi connectivity index (χ3n) is 22.6. The Labute approximate surface area is 810 Å². The molecule has 21 aromatic rings. The van der Waals surface area contributed by atoms with E-state index in [4.69, 9.17) is 21.1 Å². The molecule has 141 heavy (non-hydrogen) atoms. The van der Waals surface area contributed by atoms with E-state index < -0.39 is 17.6 Å². The van der Waals surface area contributed by atoms with Gasteiger partial charge in [-0.15, -0.1) is 0 Å². The number of para-hydroxylation sites is 1. The van der Waals surface area contributed by atoms with E-state index in [9.17, 15) is 35.1 Å². The highest BCUT2D eigenvalue weighted by molar-refractivity contribution is 6.31. The largest absolute Gasteiger partial charge is 0.497 e. The second kappa shape index (κ2) is 43.0. The minimum Gasteiger partial charge on any atom is -0.497 e. The van der Waals surface area contributed by atoms with E-state index in [1.54, 1.807) is 123 Å². The molecule has 0 amide bonds. The van der Waals surface area contributed by atoms with E-state index in [0.717, 1.165) is 90.5 Å². The molecule has 31 heteroatoms. The number of nitrogens with one attached hydrogen (secondary N) is 10. The summed E-state index contributed by atoms with van der Waals surface area (Å²) in [6.07, 6.45) is 5.85. The summed E-state index contributed by atoms with van der Waals surface area (Å²) in [4.78, 5) is 59.3. The number of rotatable bonds is 23. The summed E-state index contributed by atoms with van der Waals surface area (Å²) in [6.45, 7) is 13.6. The van der Waals surface area contributed by atoms with Gasteiger partial charge in [0.2, 0.25) is 0 Å². The summed E-state index contributed by atoms with van der Waals surface area (Å²) >= 11 is 6.20. The van der Waals surface area contributed by atoms with Gasteiger partial charge in [0.15, 0.2) is 29.1 Å². The molecule has 10 aromatic heterocycles. The van der Waals surface area contributed by atoms with E-state index in [1.807, 2.05) is 162 Å². The number of ether oxygens (including phenoxy) is 2. The number of aromatic amines is 5. The van der Waals surface area contributed by atoms with Crippen LogP contribution in [0.5, 0.6) is 17.2 Å². The number of anilines is 10. The number of nitrogens with zero attached hydrogens (tertiary/aromatic N) is 10. The number of fused-ring (bicyclic) bond motifs is 5. The lowest BCUT2D eigenvalue weighted by Gasteiger charge is -2.12. The lowest BCUT2D eigenvalue weighted by Crippen LogP contribution is -2.10. The Kier molecular flexibility index (Phi) is 29.2. The summed E-state index contributed by atoms with van der Waals surface area (Å²) < 4.78 is 124. The second-order valence-electron chi connectivity index (χ2n) is 33.7. The minimum atomic E-state index is -4.46. The van der Waals surface area contributed by atoms with E-state index in [2.05, 4.69) is 133 Å². The summed E-state index contributed by atoms with van der Waals surface area (Å²) in [5.74, 6) is 6.06. The van der Waals surface area contributed by atoms with Crippen molar-refractivity contribution in [3.05, 3.63) is 434 Å². The second-order valence-corrected chi connectivity index (χ2v) is 34.1. The summed E-state index contributed by atoms with van der Waals surface area (Å²) in [5.41, 5.74) is 16.1. The summed E-state index contributed by atoms with van der Waals surface area (Å²) in [5, 5.41) is 18.5. The molecule has 0 fully saturated rings. The molecule has 0 unspecified atom stereocenters. The van der Waals surface area contributed by atoms with Crippen molar-refractivity contribution in [2.45, 2.75) is 86.7 Å². The molecule has 10 heterocycles. The van der Waals surface area contributed by atoms with Crippen LogP contribution in [0.1, 0.15) is 102 Å². The molecule has 0 aliphatic rings. The zero-order valence-electron chi connectivity index (χ0n) is 77.5. The highest BCUT2D eigenvalue weighted by Crippen LogP contribution is 2.37. The van der Waals surface area contributed by atoms with Crippen molar-refractivity contribution in [1.29, 1.82) is 0 Å². The molecule has 0 spiro atoms. The lowest BCUT2D eigenvalue weighted by molar-refractivity contribution is -0.138. The average Bonchev–Trinajstić information content (AvgIpc) is 1.80. The predicted molar refractivity (Wildman–Crippen MR) is 540 cm³/mol. The van der Waals surface area contributed by atoms with Gasteiger partial charge in [-0.3, -0.25) is 0 Å². The summed E-state index contributed by atoms with van der Waals surface area (Å²) in [7, 11) is 1.64. The zero-order valence-corrected chi connectivity index (χ0v) is 78.3. The molecule has 0 saturated carbocycles. The van der Waals surface area contributed by atoms with Crippen molar-refractivity contribution in [2.75, 3.05) is 33.7 Å². The monoisotopic (exact) mass is 1910 g/mol. The first-order valence-corrected chi connectivity index (χ1v) is 45.3. The maximum atomic E-state index is 14.9. The fourth-order valence-electron chi connectivity index (χ4n) is 16.2. The molecule has 21 rings (SSSR count). The average molecular weight is 1910 g/mol. The van der Waals surface area contributed by atoms with Crippen LogP contribution in [0.3, 0.4) is 0 Å². The fourth-order valence-corrected chi connectivity index (χ4v) is 16.4. The topological polar surface area (TPSA) is 286 Å². The number of hydrogen-bond donors (Lipinski definition) is 10. The number of alkyl halides is 3. The zero-order chi connectivity index (χ0) is 98.4. The number of halogens is 9. The lowest BCUT2D eigenvalue weighted by atomic mass is 10.0. The van der Waals surface area contributed by atoms with Crippen molar-refractivity contribution in [1.82, 2.24) is 74.8 Å². The molecule has 11 aromatic carbocycles. The van der Waals surface area contributed by atoms with E-state index >= 15 is 0 Å². The van der Waals surface area contributed by atoms with Crippen molar-refractivity contribution in [3.63, 3.8) is 0 Å². The maximum Gasteiger partial charge on any atom is 0.416 e. The third kappa shape index (κ3) is 24.3. The van der Waals surface area contributed by atoms with E-state index in [0.29, 0.717) is 138 Å².